The fraction of sp³-hybridized carbons (Fsp3) is 0.600. The number of fused-ring (bicyclic) bond motifs is 1. The molecule has 0 aromatic carbocycles. The Morgan fingerprint density at radius 1 is 1.30 bits per heavy atom. The molecule has 8 N–H and O–H groups in total. The van der Waals surface area contributed by atoms with Crippen LogP contribution in [0.2, 0.25) is 0 Å². The summed E-state index contributed by atoms with van der Waals surface area (Å²) in [5, 5.41) is 20.9. The lowest BCUT2D eigenvalue weighted by Gasteiger charge is -2.22. The molecule has 0 unspecified atom stereocenters. The Morgan fingerprint density at radius 3 is 2.81 bits per heavy atom. The second-order valence-electron chi connectivity index (χ2n) is 6.55. The van der Waals surface area contributed by atoms with Crippen LogP contribution in [0, 0.1) is 0 Å². The zero-order valence-corrected chi connectivity index (χ0v) is 15.0. The average molecular weight is 379 g/mol. The number of likely N-dealkylation sites (N-methyl/N-ethyl adjacent to an activating group) is 1. The van der Waals surface area contributed by atoms with E-state index in [1.807, 2.05) is 11.9 Å². The lowest BCUT2D eigenvalue weighted by atomic mass is 10.1. The summed E-state index contributed by atoms with van der Waals surface area (Å²) in [7, 11) is 1.89. The number of aliphatic hydroxyl groups is 2. The van der Waals surface area contributed by atoms with Gasteiger partial charge in [-0.05, 0) is 20.0 Å². The fourth-order valence-corrected chi connectivity index (χ4v) is 3.11. The molecule has 3 rings (SSSR count). The number of aromatic nitrogens is 4. The van der Waals surface area contributed by atoms with Gasteiger partial charge in [0, 0.05) is 13.1 Å². The van der Waals surface area contributed by atoms with E-state index >= 15 is 0 Å². The molecule has 4 atom stereocenters. The van der Waals surface area contributed by atoms with Crippen molar-refractivity contribution in [2.45, 2.75) is 31.0 Å². The molecule has 27 heavy (non-hydrogen) atoms. The van der Waals surface area contributed by atoms with Gasteiger partial charge in [0.2, 0.25) is 0 Å². The van der Waals surface area contributed by atoms with E-state index in [1.54, 1.807) is 4.57 Å². The standard InChI is InChI=1S/C15H25N9O3/c1-23(4-2-3-19-15(17)18)5-8-10(25)11(26)14(27-8)24-7-22-9-12(16)20-6-21-13(9)24/h6-8,10-11,14,25-26H,2-5H2,1H3,(H2,16,20,21)(H4,17,18,19)/t8-,10-,11-,14-/m1/s1. The molecule has 0 saturated carbocycles. The van der Waals surface area contributed by atoms with Crippen LogP contribution in [-0.4, -0.2) is 85.6 Å². The molecule has 1 fully saturated rings. The Labute approximate surface area is 155 Å². The van der Waals surface area contributed by atoms with Gasteiger partial charge in [0.1, 0.15) is 30.2 Å². The molecule has 3 heterocycles. The maximum atomic E-state index is 10.5. The van der Waals surface area contributed by atoms with Crippen molar-refractivity contribution < 1.29 is 14.9 Å². The Hall–Kier alpha value is -2.54. The van der Waals surface area contributed by atoms with Gasteiger partial charge < -0.3 is 37.1 Å². The third kappa shape index (κ3) is 4.08. The SMILES string of the molecule is CN(CCCN=C(N)N)C[C@H]1O[C@@H](n2cnc3c(N)ncnc32)[C@H](O)[C@@H]1O. The Kier molecular flexibility index (Phi) is 5.70. The summed E-state index contributed by atoms with van der Waals surface area (Å²) < 4.78 is 7.46. The summed E-state index contributed by atoms with van der Waals surface area (Å²) in [5.41, 5.74) is 17.2. The number of rotatable bonds is 7. The number of hydrogen-bond donors (Lipinski definition) is 5. The van der Waals surface area contributed by atoms with Crippen molar-refractivity contribution in [3.05, 3.63) is 12.7 Å². The number of guanidine groups is 1. The van der Waals surface area contributed by atoms with Crippen LogP contribution in [0.25, 0.3) is 11.2 Å². The predicted octanol–water partition coefficient (Wildman–Crippen LogP) is -2.38. The van der Waals surface area contributed by atoms with E-state index in [0.717, 1.165) is 6.42 Å². The highest BCUT2D eigenvalue weighted by Gasteiger charge is 2.44. The highest BCUT2D eigenvalue weighted by atomic mass is 16.6. The molecular formula is C15H25N9O3. The lowest BCUT2D eigenvalue weighted by molar-refractivity contribution is -0.0421. The Morgan fingerprint density at radius 2 is 2.07 bits per heavy atom. The number of aliphatic imine (C=N–C) groups is 1. The number of nitrogens with zero attached hydrogens (tertiary/aromatic N) is 6. The summed E-state index contributed by atoms with van der Waals surface area (Å²) in [5.74, 6) is 0.305. The molecule has 1 aliphatic heterocycles. The number of nitrogen functional groups attached to an aromatic ring is 1. The van der Waals surface area contributed by atoms with Gasteiger partial charge >= 0.3 is 0 Å². The molecule has 0 radical (unpaired) electrons. The van der Waals surface area contributed by atoms with E-state index in [1.165, 1.54) is 12.7 Å². The monoisotopic (exact) mass is 379 g/mol. The van der Waals surface area contributed by atoms with Crippen LogP contribution in [-0.2, 0) is 4.74 Å². The van der Waals surface area contributed by atoms with E-state index in [-0.39, 0.29) is 11.8 Å². The zero-order chi connectivity index (χ0) is 19.6. The molecule has 0 amide bonds. The van der Waals surface area contributed by atoms with Crippen molar-refractivity contribution in [1.82, 2.24) is 24.4 Å². The maximum absolute atomic E-state index is 10.5. The summed E-state index contributed by atoms with van der Waals surface area (Å²) in [6.07, 6.45) is -0.0296. The van der Waals surface area contributed by atoms with E-state index in [4.69, 9.17) is 21.9 Å². The number of nitrogens with two attached hydrogens (primary N) is 3. The number of ether oxygens (including phenoxy) is 1. The van der Waals surface area contributed by atoms with Crippen molar-refractivity contribution in [2.24, 2.45) is 16.5 Å². The van der Waals surface area contributed by atoms with Gasteiger partial charge in [-0.1, -0.05) is 0 Å². The first kappa shape index (κ1) is 19.2. The van der Waals surface area contributed by atoms with E-state index in [9.17, 15) is 10.2 Å². The number of hydrogen-bond acceptors (Lipinski definition) is 9. The molecule has 12 nitrogen and oxygen atoms in total. The highest BCUT2D eigenvalue weighted by molar-refractivity contribution is 5.81. The largest absolute Gasteiger partial charge is 0.387 e. The van der Waals surface area contributed by atoms with Crippen LogP contribution >= 0.6 is 0 Å². The summed E-state index contributed by atoms with van der Waals surface area (Å²) in [6.45, 7) is 1.66. The highest BCUT2D eigenvalue weighted by Crippen LogP contribution is 2.32. The van der Waals surface area contributed by atoms with Crippen LogP contribution in [0.15, 0.2) is 17.6 Å². The second kappa shape index (κ2) is 8.00. The fourth-order valence-electron chi connectivity index (χ4n) is 3.11. The first-order valence-electron chi connectivity index (χ1n) is 8.57. The summed E-state index contributed by atoms with van der Waals surface area (Å²) in [6, 6.07) is 0. The smallest absolute Gasteiger partial charge is 0.185 e. The van der Waals surface area contributed by atoms with Gasteiger partial charge in [-0.2, -0.15) is 0 Å². The molecule has 1 aliphatic rings. The average Bonchev–Trinajstić information content (AvgIpc) is 3.16. The molecule has 12 heteroatoms. The predicted molar refractivity (Wildman–Crippen MR) is 98.4 cm³/mol. The van der Waals surface area contributed by atoms with Crippen molar-refractivity contribution in [3.63, 3.8) is 0 Å². The third-order valence-electron chi connectivity index (χ3n) is 4.48. The molecule has 0 aliphatic carbocycles. The molecule has 1 saturated heterocycles. The molecule has 2 aromatic rings. The lowest BCUT2D eigenvalue weighted by Crippen LogP contribution is -2.39. The summed E-state index contributed by atoms with van der Waals surface area (Å²) in [4.78, 5) is 18.1. The topological polar surface area (TPSA) is 187 Å². The Bertz CT molecular complexity index is 807. The van der Waals surface area contributed by atoms with Crippen molar-refractivity contribution in [2.75, 3.05) is 32.4 Å². The van der Waals surface area contributed by atoms with Crippen molar-refractivity contribution in [1.29, 1.82) is 0 Å². The Balaban J connectivity index is 1.65. The zero-order valence-electron chi connectivity index (χ0n) is 15.0. The van der Waals surface area contributed by atoms with Crippen LogP contribution in [0.4, 0.5) is 5.82 Å². The first-order valence-corrected chi connectivity index (χ1v) is 8.57. The quantitative estimate of drug-likeness (QED) is 0.197. The van der Waals surface area contributed by atoms with Gasteiger partial charge in [-0.3, -0.25) is 9.56 Å². The molecule has 0 spiro atoms. The number of aliphatic hydroxyl groups excluding tert-OH is 2. The van der Waals surface area contributed by atoms with Gasteiger partial charge in [0.05, 0.1) is 6.33 Å². The molecule has 148 valence electrons. The second-order valence-corrected chi connectivity index (χ2v) is 6.55. The summed E-state index contributed by atoms with van der Waals surface area (Å²) >= 11 is 0. The minimum atomic E-state index is -1.13. The van der Waals surface area contributed by atoms with Gasteiger partial charge in [0.15, 0.2) is 23.7 Å². The van der Waals surface area contributed by atoms with Gasteiger partial charge in [-0.25, -0.2) is 15.0 Å². The van der Waals surface area contributed by atoms with Crippen LogP contribution < -0.4 is 17.2 Å². The minimum absolute atomic E-state index is 0.0650. The molecule has 2 aromatic heterocycles. The van der Waals surface area contributed by atoms with E-state index in [2.05, 4.69) is 19.9 Å². The van der Waals surface area contributed by atoms with Gasteiger partial charge in [-0.15, -0.1) is 0 Å². The van der Waals surface area contributed by atoms with Crippen molar-refractivity contribution >= 4 is 22.9 Å². The van der Waals surface area contributed by atoms with Crippen LogP contribution in [0.3, 0.4) is 0 Å². The minimum Gasteiger partial charge on any atom is -0.387 e. The van der Waals surface area contributed by atoms with Gasteiger partial charge in [0.25, 0.3) is 0 Å². The van der Waals surface area contributed by atoms with Crippen LogP contribution in [0.5, 0.6) is 0 Å². The van der Waals surface area contributed by atoms with Crippen molar-refractivity contribution in [3.8, 4) is 0 Å². The number of anilines is 1. The van der Waals surface area contributed by atoms with E-state index in [0.29, 0.717) is 30.8 Å². The molecule has 0 bridgehead atoms. The normalized spacial score (nSPS) is 25.3. The first-order chi connectivity index (χ1) is 12.9. The maximum Gasteiger partial charge on any atom is 0.185 e. The van der Waals surface area contributed by atoms with Crippen LogP contribution in [0.1, 0.15) is 12.6 Å². The molecular weight excluding hydrogens is 354 g/mol. The van der Waals surface area contributed by atoms with E-state index < -0.39 is 24.5 Å². The number of imidazole rings is 1. The third-order valence-corrected chi connectivity index (χ3v) is 4.48.